The molecule has 4 rings (SSSR count). The molecule has 3 aliphatic rings. The predicted molar refractivity (Wildman–Crippen MR) is 144 cm³/mol. The van der Waals surface area contributed by atoms with E-state index in [4.69, 9.17) is 21.1 Å². The molecule has 200 valence electrons. The van der Waals surface area contributed by atoms with Gasteiger partial charge in [-0.05, 0) is 70.6 Å². The number of nitrogens with one attached hydrogen (secondary N) is 2. The number of rotatable bonds is 6. The molecule has 1 saturated heterocycles. The second kappa shape index (κ2) is 11.5. The van der Waals surface area contributed by atoms with Crippen LogP contribution < -0.4 is 10.7 Å². The van der Waals surface area contributed by atoms with E-state index in [1.807, 2.05) is 19.1 Å². The number of carbonyl (C=O) groups is 3. The van der Waals surface area contributed by atoms with Crippen molar-refractivity contribution >= 4 is 41.1 Å². The summed E-state index contributed by atoms with van der Waals surface area (Å²) in [7, 11) is 0. The highest BCUT2D eigenvalue weighted by Gasteiger charge is 2.41. The first kappa shape index (κ1) is 27.5. The summed E-state index contributed by atoms with van der Waals surface area (Å²) in [6.07, 6.45) is 3.32. The molecule has 37 heavy (non-hydrogen) atoms. The maximum absolute atomic E-state index is 13.7. The first-order valence-electron chi connectivity index (χ1n) is 12.6. The van der Waals surface area contributed by atoms with Crippen molar-refractivity contribution in [1.29, 1.82) is 0 Å². The summed E-state index contributed by atoms with van der Waals surface area (Å²) in [4.78, 5) is 40.3. The molecule has 1 aromatic rings. The quantitative estimate of drug-likeness (QED) is 0.537. The number of benzene rings is 1. The Labute approximate surface area is 227 Å². The van der Waals surface area contributed by atoms with Crippen molar-refractivity contribution in [3.05, 3.63) is 57.1 Å². The Balaban J connectivity index is 1.59. The van der Waals surface area contributed by atoms with Crippen molar-refractivity contribution < 1.29 is 23.9 Å². The van der Waals surface area contributed by atoms with Crippen molar-refractivity contribution in [2.24, 2.45) is 11.8 Å². The van der Waals surface area contributed by atoms with Gasteiger partial charge in [-0.2, -0.15) is 0 Å². The standard InChI is InChI=1S/C27H34ClN3O5S/c1-16(18-9-11-35-12-10-18)29-25(33)21-14-19(13-17-5-7-20(28)8-6-17)23(32)22-24(21)37-15-31(22)30-26(34)36-27(2,3)4/h5-8,14,16,18-19H,9-13,15H2,1-4H3,(H,29,33)(H,30,34)/t16-,19?/m1/s1. The summed E-state index contributed by atoms with van der Waals surface area (Å²) in [5.74, 6) is -0.306. The Bertz CT molecular complexity index is 1110. The van der Waals surface area contributed by atoms with Crippen LogP contribution in [0.1, 0.15) is 46.1 Å². The minimum absolute atomic E-state index is 0.0314. The molecule has 1 aliphatic carbocycles. The monoisotopic (exact) mass is 547 g/mol. The number of hydrogen-bond donors (Lipinski definition) is 2. The highest BCUT2D eigenvalue weighted by Crippen LogP contribution is 2.42. The number of Topliss-reactive ketones (excluding diaryl/α,β-unsaturated/α-hetero) is 1. The van der Waals surface area contributed by atoms with Crippen LogP contribution in [0.3, 0.4) is 0 Å². The minimum atomic E-state index is -0.687. The highest BCUT2D eigenvalue weighted by molar-refractivity contribution is 8.03. The van der Waals surface area contributed by atoms with E-state index in [0.717, 1.165) is 18.4 Å². The molecular formula is C27H34ClN3O5S. The van der Waals surface area contributed by atoms with E-state index in [-0.39, 0.29) is 17.7 Å². The van der Waals surface area contributed by atoms with Crippen LogP contribution in [0.2, 0.25) is 5.02 Å². The van der Waals surface area contributed by atoms with Gasteiger partial charge in [0.1, 0.15) is 11.3 Å². The van der Waals surface area contributed by atoms with Crippen LogP contribution in [0, 0.1) is 11.8 Å². The number of carbonyl (C=O) groups excluding carboxylic acids is 3. The van der Waals surface area contributed by atoms with Crippen molar-refractivity contribution in [1.82, 2.24) is 15.8 Å². The van der Waals surface area contributed by atoms with Crippen LogP contribution in [0.25, 0.3) is 0 Å². The number of ketones is 1. The molecule has 8 nitrogen and oxygen atoms in total. The molecule has 0 aromatic heterocycles. The third-order valence-corrected chi connectivity index (χ3v) is 7.92. The summed E-state index contributed by atoms with van der Waals surface area (Å²) >= 11 is 7.39. The summed E-state index contributed by atoms with van der Waals surface area (Å²) in [5, 5.41) is 5.26. The molecule has 1 aromatic carbocycles. The van der Waals surface area contributed by atoms with Gasteiger partial charge in [0, 0.05) is 30.2 Å². The van der Waals surface area contributed by atoms with Crippen LogP contribution in [-0.4, -0.2) is 53.5 Å². The number of nitrogens with zero attached hydrogens (tertiary/aromatic N) is 1. The SMILES string of the molecule is C[C@@H](NC(=O)C1=CC(Cc2ccc(Cl)cc2)C(=O)C2=C1SCN2NC(=O)OC(C)(C)C)C1CCOCC1. The summed E-state index contributed by atoms with van der Waals surface area (Å²) in [5.41, 5.74) is 3.71. The van der Waals surface area contributed by atoms with E-state index in [1.54, 1.807) is 39.0 Å². The zero-order chi connectivity index (χ0) is 26.7. The maximum atomic E-state index is 13.7. The summed E-state index contributed by atoms with van der Waals surface area (Å²) in [6, 6.07) is 7.28. The Morgan fingerprint density at radius 1 is 1.22 bits per heavy atom. The Hall–Kier alpha value is -2.49. The van der Waals surface area contributed by atoms with Gasteiger partial charge in [-0.25, -0.2) is 10.2 Å². The van der Waals surface area contributed by atoms with Gasteiger partial charge < -0.3 is 14.8 Å². The third kappa shape index (κ3) is 6.89. The zero-order valence-electron chi connectivity index (χ0n) is 21.6. The molecular weight excluding hydrogens is 514 g/mol. The molecule has 2 heterocycles. The predicted octanol–water partition coefficient (Wildman–Crippen LogP) is 4.60. The fourth-order valence-electron chi connectivity index (χ4n) is 4.69. The van der Waals surface area contributed by atoms with Gasteiger partial charge in [0.25, 0.3) is 5.91 Å². The van der Waals surface area contributed by atoms with Gasteiger partial charge in [-0.3, -0.25) is 14.6 Å². The molecule has 10 heteroatoms. The maximum Gasteiger partial charge on any atom is 0.426 e. The lowest BCUT2D eigenvalue weighted by atomic mass is 9.86. The fourth-order valence-corrected chi connectivity index (χ4v) is 5.93. The largest absolute Gasteiger partial charge is 0.443 e. The third-order valence-electron chi connectivity index (χ3n) is 6.58. The molecule has 0 radical (unpaired) electrons. The van der Waals surface area contributed by atoms with E-state index in [2.05, 4.69) is 10.7 Å². The number of hydrazine groups is 1. The lowest BCUT2D eigenvalue weighted by molar-refractivity contribution is -0.120. The van der Waals surface area contributed by atoms with Gasteiger partial charge in [-0.1, -0.05) is 41.6 Å². The average molecular weight is 548 g/mol. The van der Waals surface area contributed by atoms with E-state index < -0.39 is 17.6 Å². The van der Waals surface area contributed by atoms with Crippen LogP contribution >= 0.6 is 23.4 Å². The molecule has 2 atom stereocenters. The first-order chi connectivity index (χ1) is 17.5. The first-order valence-corrected chi connectivity index (χ1v) is 13.9. The van der Waals surface area contributed by atoms with Gasteiger partial charge in [0.15, 0.2) is 5.78 Å². The second-order valence-electron chi connectivity index (χ2n) is 10.6. The van der Waals surface area contributed by atoms with E-state index >= 15 is 0 Å². The second-order valence-corrected chi connectivity index (χ2v) is 12.0. The smallest absolute Gasteiger partial charge is 0.426 e. The number of ether oxygens (including phenoxy) is 2. The summed E-state index contributed by atoms with van der Waals surface area (Å²) < 4.78 is 10.9. The van der Waals surface area contributed by atoms with Crippen LogP contribution in [-0.2, 0) is 25.5 Å². The number of halogens is 1. The topological polar surface area (TPSA) is 97.0 Å². The molecule has 2 aliphatic heterocycles. The lowest BCUT2D eigenvalue weighted by Crippen LogP contribution is -2.46. The number of amides is 2. The Morgan fingerprint density at radius 2 is 1.89 bits per heavy atom. The fraction of sp³-hybridized carbons (Fsp3) is 0.519. The van der Waals surface area contributed by atoms with Crippen molar-refractivity contribution in [3.63, 3.8) is 0 Å². The van der Waals surface area contributed by atoms with Crippen LogP contribution in [0.15, 0.2) is 46.5 Å². The number of allylic oxidation sites excluding steroid dienone is 2. The number of thioether (sulfide) groups is 1. The molecule has 0 spiro atoms. The normalized spacial score (nSPS) is 21.3. The highest BCUT2D eigenvalue weighted by atomic mass is 35.5. The van der Waals surface area contributed by atoms with E-state index in [1.165, 1.54) is 16.8 Å². The number of hydrogen-bond acceptors (Lipinski definition) is 7. The van der Waals surface area contributed by atoms with E-state index in [9.17, 15) is 14.4 Å². The summed E-state index contributed by atoms with van der Waals surface area (Å²) in [6.45, 7) is 8.72. The zero-order valence-corrected chi connectivity index (χ0v) is 23.2. The van der Waals surface area contributed by atoms with Crippen LogP contribution in [0.5, 0.6) is 0 Å². The Kier molecular flexibility index (Phi) is 8.56. The van der Waals surface area contributed by atoms with Crippen molar-refractivity contribution in [3.8, 4) is 0 Å². The molecule has 1 unspecified atom stereocenters. The van der Waals surface area contributed by atoms with Crippen molar-refractivity contribution in [2.45, 2.75) is 58.6 Å². The Morgan fingerprint density at radius 3 is 2.54 bits per heavy atom. The van der Waals surface area contributed by atoms with Crippen molar-refractivity contribution in [2.75, 3.05) is 19.1 Å². The van der Waals surface area contributed by atoms with E-state index in [0.29, 0.717) is 52.6 Å². The molecule has 2 amide bonds. The van der Waals surface area contributed by atoms with Gasteiger partial charge in [0.05, 0.1) is 16.4 Å². The lowest BCUT2D eigenvalue weighted by Gasteiger charge is -2.30. The van der Waals surface area contributed by atoms with Gasteiger partial charge >= 0.3 is 6.09 Å². The van der Waals surface area contributed by atoms with Crippen LogP contribution in [0.4, 0.5) is 4.79 Å². The molecule has 0 saturated carbocycles. The van der Waals surface area contributed by atoms with Gasteiger partial charge in [0.2, 0.25) is 0 Å². The average Bonchev–Trinajstić information content (AvgIpc) is 3.25. The molecule has 1 fully saturated rings. The molecule has 2 N–H and O–H groups in total. The molecule has 0 bridgehead atoms. The van der Waals surface area contributed by atoms with Gasteiger partial charge in [-0.15, -0.1) is 0 Å². The minimum Gasteiger partial charge on any atom is -0.443 e.